The van der Waals surface area contributed by atoms with E-state index in [1.807, 2.05) is 18.2 Å². The lowest BCUT2D eigenvalue weighted by Crippen LogP contribution is -2.39. The molecule has 4 nitrogen and oxygen atoms in total. The van der Waals surface area contributed by atoms with Crippen molar-refractivity contribution in [1.82, 2.24) is 0 Å². The second kappa shape index (κ2) is 15.1. The zero-order chi connectivity index (χ0) is 21.4. The summed E-state index contributed by atoms with van der Waals surface area (Å²) < 4.78 is 0. The van der Waals surface area contributed by atoms with Gasteiger partial charge in [0.2, 0.25) is 0 Å². The van der Waals surface area contributed by atoms with Crippen LogP contribution in [0, 0.1) is 5.41 Å². The largest absolute Gasteiger partial charge is 0.480 e. The number of carboxylic acid groups (broad SMARTS) is 2. The van der Waals surface area contributed by atoms with Crippen LogP contribution in [0.5, 0.6) is 0 Å². The summed E-state index contributed by atoms with van der Waals surface area (Å²) in [7, 11) is 0. The first kappa shape index (κ1) is 25.2. The highest BCUT2D eigenvalue weighted by Gasteiger charge is 2.45. The molecule has 0 saturated carbocycles. The van der Waals surface area contributed by atoms with Gasteiger partial charge in [0.15, 0.2) is 5.41 Å². The minimum atomic E-state index is -1.62. The van der Waals surface area contributed by atoms with Gasteiger partial charge in [-0.1, -0.05) is 108 Å². The van der Waals surface area contributed by atoms with Gasteiger partial charge in [-0.15, -0.1) is 0 Å². The molecular formula is C25H40O4. The third-order valence-electron chi connectivity index (χ3n) is 5.94. The van der Waals surface area contributed by atoms with Crippen LogP contribution in [0.1, 0.15) is 102 Å². The number of benzene rings is 1. The fourth-order valence-corrected chi connectivity index (χ4v) is 3.96. The lowest BCUT2D eigenvalue weighted by molar-refractivity contribution is -0.166. The van der Waals surface area contributed by atoms with Crippen LogP contribution in [-0.4, -0.2) is 22.2 Å². The van der Waals surface area contributed by atoms with Crippen molar-refractivity contribution in [3.63, 3.8) is 0 Å². The van der Waals surface area contributed by atoms with Gasteiger partial charge in [0.1, 0.15) is 0 Å². The first-order valence-electron chi connectivity index (χ1n) is 11.5. The average Bonchev–Trinajstić information content (AvgIpc) is 2.71. The molecular weight excluding hydrogens is 364 g/mol. The summed E-state index contributed by atoms with van der Waals surface area (Å²) in [6.07, 6.45) is 14.0. The molecule has 29 heavy (non-hydrogen) atoms. The van der Waals surface area contributed by atoms with Gasteiger partial charge >= 0.3 is 11.9 Å². The van der Waals surface area contributed by atoms with Gasteiger partial charge in [0, 0.05) is 0 Å². The van der Waals surface area contributed by atoms with Gasteiger partial charge in [-0.25, -0.2) is 0 Å². The van der Waals surface area contributed by atoms with Crippen molar-refractivity contribution in [3.05, 3.63) is 35.9 Å². The summed E-state index contributed by atoms with van der Waals surface area (Å²) in [5, 5.41) is 19.3. The van der Waals surface area contributed by atoms with Crippen LogP contribution < -0.4 is 0 Å². The summed E-state index contributed by atoms with van der Waals surface area (Å²) in [6, 6.07) is 10.2. The molecule has 4 heteroatoms. The van der Waals surface area contributed by atoms with E-state index < -0.39 is 17.4 Å². The van der Waals surface area contributed by atoms with Crippen LogP contribution in [0.25, 0.3) is 0 Å². The van der Waals surface area contributed by atoms with Crippen LogP contribution in [0.4, 0.5) is 0 Å². The molecule has 1 aromatic rings. The molecule has 0 radical (unpaired) electrons. The quantitative estimate of drug-likeness (QED) is 0.207. The molecule has 0 aliphatic heterocycles. The molecule has 0 atom stereocenters. The number of rotatable bonds is 18. The van der Waals surface area contributed by atoms with Gasteiger partial charge < -0.3 is 10.2 Å². The molecule has 164 valence electrons. The molecule has 0 spiro atoms. The maximum Gasteiger partial charge on any atom is 0.321 e. The van der Waals surface area contributed by atoms with E-state index in [2.05, 4.69) is 19.1 Å². The van der Waals surface area contributed by atoms with Crippen LogP contribution in [0.2, 0.25) is 0 Å². The van der Waals surface area contributed by atoms with Gasteiger partial charge in [-0.05, 0) is 31.2 Å². The second-order valence-corrected chi connectivity index (χ2v) is 8.32. The fourth-order valence-electron chi connectivity index (χ4n) is 3.96. The Morgan fingerprint density at radius 2 is 1.14 bits per heavy atom. The first-order valence-corrected chi connectivity index (χ1v) is 11.5. The van der Waals surface area contributed by atoms with Crippen molar-refractivity contribution < 1.29 is 19.8 Å². The van der Waals surface area contributed by atoms with Crippen LogP contribution in [0.15, 0.2) is 30.3 Å². The highest BCUT2D eigenvalue weighted by atomic mass is 16.4. The highest BCUT2D eigenvalue weighted by molar-refractivity contribution is 5.98. The first-order chi connectivity index (χ1) is 14.0. The minimum Gasteiger partial charge on any atom is -0.480 e. The van der Waals surface area contributed by atoms with Crippen LogP contribution in [0.3, 0.4) is 0 Å². The maximum atomic E-state index is 11.8. The number of hydrogen-bond donors (Lipinski definition) is 2. The molecule has 0 fully saturated rings. The van der Waals surface area contributed by atoms with E-state index in [1.165, 1.54) is 37.7 Å². The molecule has 0 aromatic heterocycles. The Morgan fingerprint density at radius 3 is 1.62 bits per heavy atom. The Balaban J connectivity index is 2.32. The van der Waals surface area contributed by atoms with Gasteiger partial charge in [-0.2, -0.15) is 0 Å². The fraction of sp³-hybridized carbons (Fsp3) is 0.680. The van der Waals surface area contributed by atoms with E-state index in [1.54, 1.807) is 0 Å². The topological polar surface area (TPSA) is 74.6 Å². The minimum absolute atomic E-state index is 0.226. The molecule has 0 unspecified atom stereocenters. The van der Waals surface area contributed by atoms with Crippen LogP contribution >= 0.6 is 0 Å². The molecule has 0 saturated heterocycles. The third kappa shape index (κ3) is 9.96. The molecule has 1 aromatic carbocycles. The van der Waals surface area contributed by atoms with Crippen LogP contribution in [-0.2, 0) is 16.0 Å². The van der Waals surface area contributed by atoms with E-state index in [-0.39, 0.29) is 12.8 Å². The Morgan fingerprint density at radius 1 is 0.690 bits per heavy atom. The van der Waals surface area contributed by atoms with Gasteiger partial charge in [0.05, 0.1) is 0 Å². The molecule has 2 N–H and O–H groups in total. The molecule has 0 heterocycles. The number of aliphatic carboxylic acids is 2. The molecule has 0 aliphatic carbocycles. The Hall–Kier alpha value is -1.84. The Kier molecular flexibility index (Phi) is 13.1. The molecule has 0 aliphatic rings. The Labute approximate surface area is 176 Å². The monoisotopic (exact) mass is 404 g/mol. The average molecular weight is 405 g/mol. The van der Waals surface area contributed by atoms with Gasteiger partial charge in [0.25, 0.3) is 0 Å². The predicted octanol–water partition coefficient (Wildman–Crippen LogP) is 6.87. The zero-order valence-electron chi connectivity index (χ0n) is 18.2. The normalized spacial score (nSPS) is 11.5. The van der Waals surface area contributed by atoms with Crippen molar-refractivity contribution in [2.45, 2.75) is 103 Å². The lowest BCUT2D eigenvalue weighted by Gasteiger charge is -2.25. The van der Waals surface area contributed by atoms with E-state index in [4.69, 9.17) is 0 Å². The van der Waals surface area contributed by atoms with Crippen molar-refractivity contribution in [3.8, 4) is 0 Å². The summed E-state index contributed by atoms with van der Waals surface area (Å²) in [5.41, 5.74) is -0.349. The van der Waals surface area contributed by atoms with Crippen molar-refractivity contribution in [2.24, 2.45) is 5.41 Å². The standard InChI is InChI=1S/C25H40O4/c1-2-3-4-5-6-7-8-9-15-20-25(23(26)27,24(28)29)21-16-11-14-19-22-17-12-10-13-18-22/h10,12-13,17-18H,2-9,11,14-16,19-21H2,1H3,(H,26,27)(H,28,29). The molecule has 0 bridgehead atoms. The maximum absolute atomic E-state index is 11.8. The Bertz CT molecular complexity index is 553. The van der Waals surface area contributed by atoms with E-state index >= 15 is 0 Å². The zero-order valence-corrected chi connectivity index (χ0v) is 18.2. The second-order valence-electron chi connectivity index (χ2n) is 8.32. The number of carbonyl (C=O) groups is 2. The van der Waals surface area contributed by atoms with E-state index in [0.717, 1.165) is 38.5 Å². The van der Waals surface area contributed by atoms with Gasteiger partial charge in [-0.3, -0.25) is 9.59 Å². The number of hydrogen-bond acceptors (Lipinski definition) is 2. The van der Waals surface area contributed by atoms with E-state index in [9.17, 15) is 19.8 Å². The summed E-state index contributed by atoms with van der Waals surface area (Å²) >= 11 is 0. The lowest BCUT2D eigenvalue weighted by atomic mass is 9.78. The van der Waals surface area contributed by atoms with Crippen molar-refractivity contribution in [1.29, 1.82) is 0 Å². The third-order valence-corrected chi connectivity index (χ3v) is 5.94. The highest BCUT2D eigenvalue weighted by Crippen LogP contribution is 2.33. The SMILES string of the molecule is CCCCCCCCCCCC(CCCCCc1ccccc1)(C(=O)O)C(=O)O. The van der Waals surface area contributed by atoms with Crippen molar-refractivity contribution in [2.75, 3.05) is 0 Å². The molecule has 0 amide bonds. The smallest absolute Gasteiger partial charge is 0.321 e. The molecule has 1 rings (SSSR count). The number of aryl methyl sites for hydroxylation is 1. The predicted molar refractivity (Wildman–Crippen MR) is 118 cm³/mol. The summed E-state index contributed by atoms with van der Waals surface area (Å²) in [6.45, 7) is 2.21. The van der Waals surface area contributed by atoms with Crippen molar-refractivity contribution >= 4 is 11.9 Å². The number of carboxylic acids is 2. The van der Waals surface area contributed by atoms with E-state index in [0.29, 0.717) is 12.8 Å². The summed E-state index contributed by atoms with van der Waals surface area (Å²) in [4.78, 5) is 23.7. The summed E-state index contributed by atoms with van der Waals surface area (Å²) in [5.74, 6) is -2.35. The number of unbranched alkanes of at least 4 members (excludes halogenated alkanes) is 10.